The van der Waals surface area contributed by atoms with Gasteiger partial charge in [0.15, 0.2) is 12.6 Å². The highest BCUT2D eigenvalue weighted by atomic mass is 16.7. The summed E-state index contributed by atoms with van der Waals surface area (Å²) in [6, 6.07) is 0. The Balaban J connectivity index is 1.53. The molecule has 12 atom stereocenters. The maximum atomic E-state index is 10.4. The molecule has 0 spiro atoms. The van der Waals surface area contributed by atoms with Crippen molar-refractivity contribution in [1.82, 2.24) is 0 Å². The average Bonchev–Trinajstić information content (AvgIpc) is 3.06. The molecule has 3 aliphatic rings. The van der Waals surface area contributed by atoms with E-state index in [0.717, 1.165) is 19.3 Å². The monoisotopic (exact) mass is 508 g/mol. The summed E-state index contributed by atoms with van der Waals surface area (Å²) < 4.78 is 22.2. The van der Waals surface area contributed by atoms with E-state index in [1.165, 1.54) is 0 Å². The Hall–Kier alpha value is -0.440. The van der Waals surface area contributed by atoms with Gasteiger partial charge in [-0.05, 0) is 49.9 Å². The second-order valence-corrected chi connectivity index (χ2v) is 11.4. The summed E-state index contributed by atoms with van der Waals surface area (Å²) in [5.41, 5.74) is -1.86. The predicted octanol–water partition coefficient (Wildman–Crippen LogP) is -1.13. The Morgan fingerprint density at radius 1 is 1.03 bits per heavy atom. The van der Waals surface area contributed by atoms with E-state index in [9.17, 15) is 35.7 Å². The van der Waals surface area contributed by atoms with Crippen molar-refractivity contribution in [1.29, 1.82) is 0 Å². The minimum absolute atomic E-state index is 0.00451. The van der Waals surface area contributed by atoms with Crippen LogP contribution in [0.2, 0.25) is 0 Å². The van der Waals surface area contributed by atoms with Gasteiger partial charge in [0, 0.05) is 0 Å². The third-order valence-corrected chi connectivity index (χ3v) is 8.02. The Morgan fingerprint density at radius 3 is 2.31 bits per heavy atom. The molecule has 0 bridgehead atoms. The molecule has 11 nitrogen and oxygen atoms in total. The van der Waals surface area contributed by atoms with Gasteiger partial charge >= 0.3 is 0 Å². The number of aliphatic hydroxyl groups is 7. The standard InChI is InChI=1S/C24H44O11/c1-12-7-14(26)8-23(3,4)15(12)6-5-13(2)34-21-19(29)18(28)17(27)16(35-21)9-32-22-20(30)24(31,10-25)11-33-22/h12-22,25-31H,5-11H2,1-4H3/t12-,13-,14+,15+,16-,17-,18-,19-,20+,21-,22-,24-/m1/s1. The summed E-state index contributed by atoms with van der Waals surface area (Å²) in [5.74, 6) is 0.769. The van der Waals surface area contributed by atoms with Crippen LogP contribution < -0.4 is 0 Å². The first-order valence-electron chi connectivity index (χ1n) is 12.6. The molecule has 2 heterocycles. The molecule has 35 heavy (non-hydrogen) atoms. The molecular weight excluding hydrogens is 464 g/mol. The highest BCUT2D eigenvalue weighted by Crippen LogP contribution is 2.46. The lowest BCUT2D eigenvalue weighted by Crippen LogP contribution is -2.60. The molecule has 0 aromatic rings. The van der Waals surface area contributed by atoms with Crippen molar-refractivity contribution >= 4 is 0 Å². The maximum Gasteiger partial charge on any atom is 0.186 e. The first kappa shape index (κ1) is 29.1. The van der Waals surface area contributed by atoms with Gasteiger partial charge < -0.3 is 54.7 Å². The largest absolute Gasteiger partial charge is 0.393 e. The van der Waals surface area contributed by atoms with Crippen LogP contribution in [0.3, 0.4) is 0 Å². The molecule has 0 unspecified atom stereocenters. The molecular formula is C24H44O11. The minimum Gasteiger partial charge on any atom is -0.393 e. The molecule has 0 aromatic carbocycles. The van der Waals surface area contributed by atoms with E-state index in [4.69, 9.17) is 18.9 Å². The number of rotatable bonds is 9. The van der Waals surface area contributed by atoms with E-state index in [1.54, 1.807) is 0 Å². The third kappa shape index (κ3) is 6.53. The van der Waals surface area contributed by atoms with Gasteiger partial charge in [0.05, 0.1) is 32.0 Å². The van der Waals surface area contributed by atoms with Gasteiger partial charge in [-0.1, -0.05) is 20.8 Å². The van der Waals surface area contributed by atoms with Crippen molar-refractivity contribution in [2.75, 3.05) is 19.8 Å². The van der Waals surface area contributed by atoms with E-state index in [1.807, 2.05) is 6.92 Å². The number of aliphatic hydroxyl groups excluding tert-OH is 6. The van der Waals surface area contributed by atoms with Gasteiger partial charge in [-0.3, -0.25) is 0 Å². The van der Waals surface area contributed by atoms with Gasteiger partial charge in [0.2, 0.25) is 0 Å². The van der Waals surface area contributed by atoms with Crippen LogP contribution in [0.25, 0.3) is 0 Å². The maximum absolute atomic E-state index is 10.4. The van der Waals surface area contributed by atoms with Crippen molar-refractivity contribution in [2.45, 2.75) is 114 Å². The fourth-order valence-electron chi connectivity index (χ4n) is 5.88. The number of ether oxygens (including phenoxy) is 4. The second kappa shape index (κ2) is 11.5. The molecule has 2 aliphatic heterocycles. The Kier molecular flexibility index (Phi) is 9.59. The Morgan fingerprint density at radius 2 is 1.71 bits per heavy atom. The average molecular weight is 509 g/mol. The first-order valence-corrected chi connectivity index (χ1v) is 12.6. The zero-order valence-corrected chi connectivity index (χ0v) is 21.1. The van der Waals surface area contributed by atoms with Gasteiger partial charge in [0.25, 0.3) is 0 Å². The van der Waals surface area contributed by atoms with Gasteiger partial charge in [-0.2, -0.15) is 0 Å². The van der Waals surface area contributed by atoms with Gasteiger partial charge in [-0.15, -0.1) is 0 Å². The zero-order valence-electron chi connectivity index (χ0n) is 21.1. The molecule has 0 amide bonds. The summed E-state index contributed by atoms with van der Waals surface area (Å²) in [7, 11) is 0. The second-order valence-electron chi connectivity index (χ2n) is 11.4. The van der Waals surface area contributed by atoms with Crippen LogP contribution in [-0.2, 0) is 18.9 Å². The van der Waals surface area contributed by atoms with Gasteiger partial charge in [-0.25, -0.2) is 0 Å². The number of hydrogen-bond acceptors (Lipinski definition) is 11. The van der Waals surface area contributed by atoms with Crippen molar-refractivity contribution < 1.29 is 54.7 Å². The quantitative estimate of drug-likeness (QED) is 0.200. The highest BCUT2D eigenvalue weighted by Gasteiger charge is 2.50. The van der Waals surface area contributed by atoms with E-state index in [2.05, 4.69) is 20.8 Å². The van der Waals surface area contributed by atoms with Gasteiger partial charge in [0.1, 0.15) is 36.1 Å². The predicted molar refractivity (Wildman–Crippen MR) is 122 cm³/mol. The Labute approximate surface area is 206 Å². The molecule has 7 N–H and O–H groups in total. The molecule has 3 rings (SSSR count). The molecule has 1 aliphatic carbocycles. The summed E-state index contributed by atoms with van der Waals surface area (Å²) in [6.07, 6.45) is -7.09. The van der Waals surface area contributed by atoms with Crippen LogP contribution in [0.15, 0.2) is 0 Å². The van der Waals surface area contributed by atoms with Crippen LogP contribution in [0, 0.1) is 17.3 Å². The van der Waals surface area contributed by atoms with Crippen LogP contribution in [0.4, 0.5) is 0 Å². The molecule has 3 fully saturated rings. The van der Waals surface area contributed by atoms with Crippen molar-refractivity contribution in [2.24, 2.45) is 17.3 Å². The first-order chi connectivity index (χ1) is 16.3. The lowest BCUT2D eigenvalue weighted by Gasteiger charge is -2.45. The van der Waals surface area contributed by atoms with Crippen LogP contribution >= 0.6 is 0 Å². The van der Waals surface area contributed by atoms with Crippen LogP contribution in [-0.4, -0.2) is 116 Å². The molecule has 2 saturated heterocycles. The summed E-state index contributed by atoms with van der Waals surface area (Å²) >= 11 is 0. The van der Waals surface area contributed by atoms with E-state index in [0.29, 0.717) is 18.3 Å². The van der Waals surface area contributed by atoms with Crippen LogP contribution in [0.5, 0.6) is 0 Å². The van der Waals surface area contributed by atoms with Crippen molar-refractivity contribution in [3.63, 3.8) is 0 Å². The summed E-state index contributed by atoms with van der Waals surface area (Å²) in [5, 5.41) is 70.6. The summed E-state index contributed by atoms with van der Waals surface area (Å²) in [4.78, 5) is 0. The molecule has 11 heteroatoms. The van der Waals surface area contributed by atoms with Crippen molar-refractivity contribution in [3.8, 4) is 0 Å². The molecule has 1 saturated carbocycles. The fraction of sp³-hybridized carbons (Fsp3) is 1.00. The van der Waals surface area contributed by atoms with E-state index < -0.39 is 55.3 Å². The summed E-state index contributed by atoms with van der Waals surface area (Å²) in [6.45, 7) is 6.99. The van der Waals surface area contributed by atoms with E-state index in [-0.39, 0.29) is 30.8 Å². The van der Waals surface area contributed by atoms with Crippen LogP contribution in [0.1, 0.15) is 53.4 Å². The lowest BCUT2D eigenvalue weighted by molar-refractivity contribution is -0.318. The third-order valence-electron chi connectivity index (χ3n) is 8.02. The zero-order chi connectivity index (χ0) is 26.1. The molecule has 0 radical (unpaired) electrons. The smallest absolute Gasteiger partial charge is 0.186 e. The normalized spacial score (nSPS) is 47.1. The molecule has 206 valence electrons. The lowest BCUT2D eigenvalue weighted by atomic mass is 9.61. The topological polar surface area (TPSA) is 179 Å². The molecule has 0 aromatic heterocycles. The Bertz CT molecular complexity index is 678. The SMILES string of the molecule is C[C@H](CC[C@H]1[C@H](C)C[C@H](O)CC1(C)C)O[C@@H]1O[C@H](CO[C@@H]2OC[C@](O)(CO)[C@H]2O)[C@@H](O)[C@@H](O)[C@H]1O. The number of hydrogen-bond donors (Lipinski definition) is 7. The van der Waals surface area contributed by atoms with E-state index >= 15 is 0 Å². The van der Waals surface area contributed by atoms with Crippen molar-refractivity contribution in [3.05, 3.63) is 0 Å². The highest BCUT2D eigenvalue weighted by molar-refractivity contribution is 4.95. The minimum atomic E-state index is -1.85. The fourth-order valence-corrected chi connectivity index (χ4v) is 5.88.